The van der Waals surface area contributed by atoms with Crippen molar-refractivity contribution in [1.82, 2.24) is 9.88 Å². The maximum absolute atomic E-state index is 9.27. The SMILES string of the molecule is COc1ccc2cc(CN3CCC(CO)C3)c(OC)nc2c1. The van der Waals surface area contributed by atoms with Gasteiger partial charge in [0.1, 0.15) is 5.75 Å². The van der Waals surface area contributed by atoms with E-state index in [2.05, 4.69) is 16.0 Å². The van der Waals surface area contributed by atoms with Gasteiger partial charge in [-0.2, -0.15) is 0 Å². The Hall–Kier alpha value is -1.85. The molecule has 0 amide bonds. The summed E-state index contributed by atoms with van der Waals surface area (Å²) in [6, 6.07) is 8.01. The van der Waals surface area contributed by atoms with Gasteiger partial charge in [-0.1, -0.05) is 0 Å². The van der Waals surface area contributed by atoms with Gasteiger partial charge in [-0.25, -0.2) is 4.98 Å². The number of hydrogen-bond acceptors (Lipinski definition) is 5. The van der Waals surface area contributed by atoms with Gasteiger partial charge in [0.15, 0.2) is 0 Å². The number of rotatable bonds is 5. The third-order valence-electron chi connectivity index (χ3n) is 4.28. The fraction of sp³-hybridized carbons (Fsp3) is 0.471. The lowest BCUT2D eigenvalue weighted by atomic mass is 10.1. The van der Waals surface area contributed by atoms with Crippen LogP contribution in [0.2, 0.25) is 0 Å². The normalized spacial score (nSPS) is 18.8. The second kappa shape index (κ2) is 6.50. The number of fused-ring (bicyclic) bond motifs is 1. The van der Waals surface area contributed by atoms with Crippen LogP contribution in [-0.4, -0.2) is 48.9 Å². The molecular weight excluding hydrogens is 280 g/mol. The smallest absolute Gasteiger partial charge is 0.218 e. The fourth-order valence-electron chi connectivity index (χ4n) is 3.04. The number of hydrogen-bond donors (Lipinski definition) is 1. The topological polar surface area (TPSA) is 54.8 Å². The summed E-state index contributed by atoms with van der Waals surface area (Å²) in [5.74, 6) is 1.84. The zero-order chi connectivity index (χ0) is 15.5. The molecule has 1 aliphatic rings. The quantitative estimate of drug-likeness (QED) is 0.916. The van der Waals surface area contributed by atoms with Crippen molar-refractivity contribution in [2.75, 3.05) is 33.9 Å². The Bertz CT molecular complexity index is 660. The van der Waals surface area contributed by atoms with E-state index in [9.17, 15) is 5.11 Å². The van der Waals surface area contributed by atoms with Crippen LogP contribution >= 0.6 is 0 Å². The summed E-state index contributed by atoms with van der Waals surface area (Å²) in [5.41, 5.74) is 1.95. The van der Waals surface area contributed by atoms with Crippen molar-refractivity contribution in [2.45, 2.75) is 13.0 Å². The van der Waals surface area contributed by atoms with Crippen LogP contribution < -0.4 is 9.47 Å². The number of aliphatic hydroxyl groups excluding tert-OH is 1. The van der Waals surface area contributed by atoms with Crippen molar-refractivity contribution in [2.24, 2.45) is 5.92 Å². The maximum Gasteiger partial charge on any atom is 0.218 e. The third kappa shape index (κ3) is 3.00. The first-order valence-electron chi connectivity index (χ1n) is 7.58. The number of benzene rings is 1. The van der Waals surface area contributed by atoms with Crippen molar-refractivity contribution in [1.29, 1.82) is 0 Å². The predicted molar refractivity (Wildman–Crippen MR) is 85.3 cm³/mol. The van der Waals surface area contributed by atoms with Crippen LogP contribution in [-0.2, 0) is 6.54 Å². The van der Waals surface area contributed by atoms with E-state index >= 15 is 0 Å². The van der Waals surface area contributed by atoms with Crippen LogP contribution in [0.5, 0.6) is 11.6 Å². The lowest BCUT2D eigenvalue weighted by Crippen LogP contribution is -2.21. The van der Waals surface area contributed by atoms with Crippen molar-refractivity contribution >= 4 is 10.9 Å². The monoisotopic (exact) mass is 302 g/mol. The molecule has 1 atom stereocenters. The average molecular weight is 302 g/mol. The summed E-state index contributed by atoms with van der Waals surface area (Å²) in [7, 11) is 3.30. The molecule has 2 aromatic rings. The third-order valence-corrected chi connectivity index (χ3v) is 4.28. The minimum absolute atomic E-state index is 0.267. The molecule has 5 nitrogen and oxygen atoms in total. The standard InChI is InChI=1S/C17H22N2O3/c1-21-15-4-3-13-7-14(17(22-2)18-16(13)8-15)10-19-6-5-12(9-19)11-20/h3-4,7-8,12,20H,5-6,9-11H2,1-2H3. The number of likely N-dealkylation sites (tertiary alicyclic amines) is 1. The summed E-state index contributed by atoms with van der Waals surface area (Å²) in [5, 5.41) is 10.3. The molecule has 5 heteroatoms. The van der Waals surface area contributed by atoms with Crippen LogP contribution in [0.15, 0.2) is 24.3 Å². The molecule has 0 aliphatic carbocycles. The van der Waals surface area contributed by atoms with Crippen LogP contribution in [0.1, 0.15) is 12.0 Å². The highest BCUT2D eigenvalue weighted by Gasteiger charge is 2.23. The Labute approximate surface area is 130 Å². The van der Waals surface area contributed by atoms with Crippen LogP contribution in [0.4, 0.5) is 0 Å². The van der Waals surface area contributed by atoms with Gasteiger partial charge in [0.05, 0.1) is 19.7 Å². The molecule has 0 saturated carbocycles. The van der Waals surface area contributed by atoms with Gasteiger partial charge in [-0.05, 0) is 37.1 Å². The van der Waals surface area contributed by atoms with E-state index in [4.69, 9.17) is 9.47 Å². The molecule has 1 N–H and O–H groups in total. The van der Waals surface area contributed by atoms with Gasteiger partial charge >= 0.3 is 0 Å². The number of methoxy groups -OCH3 is 2. The second-order valence-corrected chi connectivity index (χ2v) is 5.79. The van der Waals surface area contributed by atoms with Gasteiger partial charge < -0.3 is 14.6 Å². The molecule has 1 aliphatic heterocycles. The molecule has 118 valence electrons. The summed E-state index contributed by atoms with van der Waals surface area (Å²) in [4.78, 5) is 6.95. The van der Waals surface area contributed by atoms with Crippen molar-refractivity contribution < 1.29 is 14.6 Å². The minimum atomic E-state index is 0.267. The van der Waals surface area contributed by atoms with E-state index < -0.39 is 0 Å². The molecule has 2 heterocycles. The van der Waals surface area contributed by atoms with E-state index in [0.29, 0.717) is 11.8 Å². The van der Waals surface area contributed by atoms with Gasteiger partial charge in [-0.3, -0.25) is 4.90 Å². The molecule has 0 spiro atoms. The first kappa shape index (κ1) is 15.1. The Kier molecular flexibility index (Phi) is 4.45. The highest BCUT2D eigenvalue weighted by atomic mass is 16.5. The molecule has 0 radical (unpaired) electrons. The van der Waals surface area contributed by atoms with Crippen LogP contribution in [0.3, 0.4) is 0 Å². The lowest BCUT2D eigenvalue weighted by molar-refractivity contribution is 0.219. The first-order valence-corrected chi connectivity index (χ1v) is 7.58. The van der Waals surface area contributed by atoms with E-state index in [1.807, 2.05) is 18.2 Å². The zero-order valence-corrected chi connectivity index (χ0v) is 13.1. The second-order valence-electron chi connectivity index (χ2n) is 5.79. The largest absolute Gasteiger partial charge is 0.497 e. The van der Waals surface area contributed by atoms with Crippen molar-refractivity contribution in [3.05, 3.63) is 29.8 Å². The molecule has 3 rings (SSSR count). The fourth-order valence-corrected chi connectivity index (χ4v) is 3.04. The van der Waals surface area contributed by atoms with Crippen molar-refractivity contribution in [3.8, 4) is 11.6 Å². The minimum Gasteiger partial charge on any atom is -0.497 e. The molecule has 22 heavy (non-hydrogen) atoms. The lowest BCUT2D eigenvalue weighted by Gasteiger charge is -2.17. The molecule has 0 bridgehead atoms. The Morgan fingerprint density at radius 2 is 2.14 bits per heavy atom. The highest BCUT2D eigenvalue weighted by Crippen LogP contribution is 2.27. The van der Waals surface area contributed by atoms with E-state index in [1.54, 1.807) is 14.2 Å². The maximum atomic E-state index is 9.27. The van der Waals surface area contributed by atoms with Gasteiger partial charge in [0.2, 0.25) is 5.88 Å². The highest BCUT2D eigenvalue weighted by molar-refractivity contribution is 5.81. The van der Waals surface area contributed by atoms with Crippen molar-refractivity contribution in [3.63, 3.8) is 0 Å². The number of nitrogens with zero attached hydrogens (tertiary/aromatic N) is 2. The number of aromatic nitrogens is 1. The van der Waals surface area contributed by atoms with E-state index in [1.165, 1.54) is 0 Å². The molecule has 1 fully saturated rings. The Morgan fingerprint density at radius 3 is 2.82 bits per heavy atom. The molecule has 1 aromatic heterocycles. The average Bonchev–Trinajstić information content (AvgIpc) is 3.01. The summed E-state index contributed by atoms with van der Waals surface area (Å²) in [6.45, 7) is 3.01. The van der Waals surface area contributed by atoms with Crippen LogP contribution in [0.25, 0.3) is 10.9 Å². The molecule has 1 saturated heterocycles. The number of ether oxygens (including phenoxy) is 2. The van der Waals surface area contributed by atoms with E-state index in [0.717, 1.165) is 48.3 Å². The number of pyridine rings is 1. The first-order chi connectivity index (χ1) is 10.7. The summed E-state index contributed by atoms with van der Waals surface area (Å²) in [6.07, 6.45) is 1.05. The Balaban J connectivity index is 1.88. The molecule has 1 aromatic carbocycles. The summed E-state index contributed by atoms with van der Waals surface area (Å²) < 4.78 is 10.7. The van der Waals surface area contributed by atoms with Gasteiger partial charge in [-0.15, -0.1) is 0 Å². The van der Waals surface area contributed by atoms with E-state index in [-0.39, 0.29) is 6.61 Å². The predicted octanol–water partition coefficient (Wildman–Crippen LogP) is 2.07. The molecular formula is C17H22N2O3. The van der Waals surface area contributed by atoms with Gasteiger partial charge in [0.25, 0.3) is 0 Å². The Morgan fingerprint density at radius 1 is 1.27 bits per heavy atom. The summed E-state index contributed by atoms with van der Waals surface area (Å²) >= 11 is 0. The zero-order valence-electron chi connectivity index (χ0n) is 13.1. The number of aliphatic hydroxyl groups is 1. The van der Waals surface area contributed by atoms with Gasteiger partial charge in [0, 0.05) is 36.7 Å². The molecule has 1 unspecified atom stereocenters. The van der Waals surface area contributed by atoms with Crippen LogP contribution in [0, 0.1) is 5.92 Å².